The summed E-state index contributed by atoms with van der Waals surface area (Å²) in [6, 6.07) is 7.05. The standard InChI is InChI=1S/C12H13F3N4OS/c1-20-9-5-3-2-4-8(9)10-17-18-11(19(10)16)21-7-6-12(13,14)15/h2-5H,6-7,16H2,1H3. The van der Waals surface area contributed by atoms with Crippen LogP contribution in [-0.2, 0) is 0 Å². The van der Waals surface area contributed by atoms with Gasteiger partial charge in [-0.3, -0.25) is 0 Å². The average Bonchev–Trinajstić information content (AvgIpc) is 2.79. The molecule has 2 aromatic rings. The molecule has 0 aliphatic rings. The smallest absolute Gasteiger partial charge is 0.389 e. The first-order valence-corrected chi connectivity index (χ1v) is 6.94. The molecule has 0 fully saturated rings. The molecule has 0 aliphatic carbocycles. The van der Waals surface area contributed by atoms with Crippen molar-refractivity contribution in [3.8, 4) is 17.1 Å². The number of nitrogen functional groups attached to an aromatic ring is 1. The Hall–Kier alpha value is -1.90. The minimum atomic E-state index is -4.20. The number of ether oxygens (including phenoxy) is 1. The molecule has 5 nitrogen and oxygen atoms in total. The Morgan fingerprint density at radius 1 is 1.29 bits per heavy atom. The van der Waals surface area contributed by atoms with E-state index >= 15 is 0 Å². The Bertz CT molecular complexity index is 615. The highest BCUT2D eigenvalue weighted by Crippen LogP contribution is 2.30. The number of rotatable bonds is 5. The van der Waals surface area contributed by atoms with Gasteiger partial charge in [0.05, 0.1) is 19.1 Å². The monoisotopic (exact) mass is 318 g/mol. The Balaban J connectivity index is 2.17. The van der Waals surface area contributed by atoms with Gasteiger partial charge >= 0.3 is 6.18 Å². The van der Waals surface area contributed by atoms with E-state index in [1.54, 1.807) is 24.3 Å². The summed E-state index contributed by atoms with van der Waals surface area (Å²) in [6.45, 7) is 0. The van der Waals surface area contributed by atoms with Crippen LogP contribution in [-0.4, -0.2) is 33.9 Å². The number of halogens is 3. The largest absolute Gasteiger partial charge is 0.496 e. The minimum absolute atomic E-state index is 0.162. The second-order valence-electron chi connectivity index (χ2n) is 4.09. The third-order valence-electron chi connectivity index (χ3n) is 2.63. The molecule has 1 aromatic heterocycles. The van der Waals surface area contributed by atoms with Crippen molar-refractivity contribution in [1.82, 2.24) is 14.9 Å². The highest BCUT2D eigenvalue weighted by Gasteiger charge is 2.27. The fraction of sp³-hybridized carbons (Fsp3) is 0.333. The van der Waals surface area contributed by atoms with Gasteiger partial charge in [0.1, 0.15) is 5.75 Å². The molecular weight excluding hydrogens is 305 g/mol. The summed E-state index contributed by atoms with van der Waals surface area (Å²) in [5.41, 5.74) is 0.623. The molecule has 0 bridgehead atoms. The molecule has 0 amide bonds. The zero-order valence-electron chi connectivity index (χ0n) is 11.1. The summed E-state index contributed by atoms with van der Waals surface area (Å²) in [5, 5.41) is 7.95. The molecule has 2 N–H and O–H groups in total. The fourth-order valence-corrected chi connectivity index (χ4v) is 2.49. The van der Waals surface area contributed by atoms with E-state index < -0.39 is 12.6 Å². The van der Waals surface area contributed by atoms with Crippen molar-refractivity contribution in [2.75, 3.05) is 18.7 Å². The van der Waals surface area contributed by atoms with Crippen LogP contribution in [0.2, 0.25) is 0 Å². The summed E-state index contributed by atoms with van der Waals surface area (Å²) < 4.78 is 42.7. The van der Waals surface area contributed by atoms with Crippen molar-refractivity contribution in [3.05, 3.63) is 24.3 Å². The fourth-order valence-electron chi connectivity index (χ4n) is 1.65. The predicted molar refractivity (Wildman–Crippen MR) is 73.6 cm³/mol. The van der Waals surface area contributed by atoms with Crippen molar-refractivity contribution in [1.29, 1.82) is 0 Å². The molecule has 9 heteroatoms. The van der Waals surface area contributed by atoms with Gasteiger partial charge < -0.3 is 10.6 Å². The van der Waals surface area contributed by atoms with Crippen LogP contribution in [0.25, 0.3) is 11.4 Å². The van der Waals surface area contributed by atoms with Gasteiger partial charge in [0.25, 0.3) is 0 Å². The molecule has 0 aliphatic heterocycles. The van der Waals surface area contributed by atoms with Crippen LogP contribution >= 0.6 is 11.8 Å². The Labute approximate surface area is 123 Å². The number of nitrogens with two attached hydrogens (primary N) is 1. The van der Waals surface area contributed by atoms with E-state index in [1.807, 2.05) is 0 Å². The second-order valence-corrected chi connectivity index (χ2v) is 5.15. The van der Waals surface area contributed by atoms with Crippen LogP contribution in [0.15, 0.2) is 29.4 Å². The first kappa shape index (κ1) is 15.5. The van der Waals surface area contributed by atoms with Gasteiger partial charge in [-0.1, -0.05) is 23.9 Å². The van der Waals surface area contributed by atoms with E-state index in [4.69, 9.17) is 10.6 Å². The third kappa shape index (κ3) is 3.81. The first-order chi connectivity index (χ1) is 9.92. The van der Waals surface area contributed by atoms with Gasteiger partial charge in [0.15, 0.2) is 5.82 Å². The van der Waals surface area contributed by atoms with E-state index in [9.17, 15) is 13.2 Å². The van der Waals surface area contributed by atoms with Crippen LogP contribution in [0, 0.1) is 0 Å². The SMILES string of the molecule is COc1ccccc1-c1nnc(SCCC(F)(F)F)n1N. The number of hydrogen-bond acceptors (Lipinski definition) is 5. The molecule has 0 saturated heterocycles. The molecule has 2 rings (SSSR count). The van der Waals surface area contributed by atoms with E-state index in [0.717, 1.165) is 11.8 Å². The van der Waals surface area contributed by atoms with E-state index in [-0.39, 0.29) is 10.9 Å². The number of para-hydroxylation sites is 1. The normalized spacial score (nSPS) is 11.6. The Kier molecular flexibility index (Phi) is 4.61. The average molecular weight is 318 g/mol. The molecule has 21 heavy (non-hydrogen) atoms. The maximum absolute atomic E-state index is 12.1. The van der Waals surface area contributed by atoms with Crippen molar-refractivity contribution in [2.24, 2.45) is 0 Å². The second kappa shape index (κ2) is 6.25. The molecule has 0 atom stereocenters. The molecule has 0 spiro atoms. The van der Waals surface area contributed by atoms with Crippen molar-refractivity contribution >= 4 is 11.8 Å². The number of alkyl halides is 3. The third-order valence-corrected chi connectivity index (χ3v) is 3.57. The molecular formula is C12H13F3N4OS. The van der Waals surface area contributed by atoms with Gasteiger partial charge in [-0.25, -0.2) is 4.68 Å². The number of hydrogen-bond donors (Lipinski definition) is 1. The molecule has 0 radical (unpaired) electrons. The molecule has 114 valence electrons. The van der Waals surface area contributed by atoms with Crippen molar-refractivity contribution in [3.63, 3.8) is 0 Å². The van der Waals surface area contributed by atoms with Crippen LogP contribution in [0.1, 0.15) is 6.42 Å². The predicted octanol–water partition coefficient (Wildman–Crippen LogP) is 2.71. The van der Waals surface area contributed by atoms with Crippen LogP contribution in [0.3, 0.4) is 0 Å². The van der Waals surface area contributed by atoms with E-state index in [2.05, 4.69) is 10.2 Å². The van der Waals surface area contributed by atoms with Crippen molar-refractivity contribution < 1.29 is 17.9 Å². The molecule has 1 heterocycles. The van der Waals surface area contributed by atoms with Gasteiger partial charge in [-0.2, -0.15) is 13.2 Å². The van der Waals surface area contributed by atoms with Gasteiger partial charge in [0, 0.05) is 5.75 Å². The van der Waals surface area contributed by atoms with Crippen LogP contribution in [0.5, 0.6) is 5.75 Å². The Morgan fingerprint density at radius 2 is 2.00 bits per heavy atom. The minimum Gasteiger partial charge on any atom is -0.496 e. The number of nitrogens with zero attached hydrogens (tertiary/aromatic N) is 3. The van der Waals surface area contributed by atoms with Gasteiger partial charge in [-0.15, -0.1) is 10.2 Å². The number of methoxy groups -OCH3 is 1. The number of thioether (sulfide) groups is 1. The zero-order valence-corrected chi connectivity index (χ0v) is 11.9. The maximum Gasteiger partial charge on any atom is 0.389 e. The van der Waals surface area contributed by atoms with Gasteiger partial charge in [-0.05, 0) is 12.1 Å². The topological polar surface area (TPSA) is 66.0 Å². The van der Waals surface area contributed by atoms with Crippen molar-refractivity contribution in [2.45, 2.75) is 17.8 Å². The van der Waals surface area contributed by atoms with E-state index in [1.165, 1.54) is 11.8 Å². The summed E-state index contributed by atoms with van der Waals surface area (Å²) in [6.07, 6.45) is -5.10. The molecule has 1 aromatic carbocycles. The summed E-state index contributed by atoms with van der Waals surface area (Å²) >= 11 is 0.906. The molecule has 0 unspecified atom stereocenters. The summed E-state index contributed by atoms with van der Waals surface area (Å²) in [7, 11) is 1.51. The maximum atomic E-state index is 12.1. The lowest BCUT2D eigenvalue weighted by Gasteiger charge is -2.08. The van der Waals surface area contributed by atoms with Crippen LogP contribution < -0.4 is 10.6 Å². The first-order valence-electron chi connectivity index (χ1n) is 5.96. The lowest BCUT2D eigenvalue weighted by Crippen LogP contribution is -2.13. The summed E-state index contributed by atoms with van der Waals surface area (Å²) in [4.78, 5) is 0. The highest BCUT2D eigenvalue weighted by molar-refractivity contribution is 7.99. The van der Waals surface area contributed by atoms with Crippen LogP contribution in [0.4, 0.5) is 13.2 Å². The highest BCUT2D eigenvalue weighted by atomic mass is 32.2. The summed E-state index contributed by atoms with van der Waals surface area (Å²) in [5.74, 6) is 6.57. The lowest BCUT2D eigenvalue weighted by molar-refractivity contribution is -0.129. The number of benzene rings is 1. The molecule has 0 saturated carbocycles. The quantitative estimate of drug-likeness (QED) is 0.678. The number of aromatic nitrogens is 3. The Morgan fingerprint density at radius 3 is 2.67 bits per heavy atom. The van der Waals surface area contributed by atoms with Gasteiger partial charge in [0.2, 0.25) is 5.16 Å². The zero-order chi connectivity index (χ0) is 15.5. The van der Waals surface area contributed by atoms with E-state index in [0.29, 0.717) is 17.1 Å². The lowest BCUT2D eigenvalue weighted by atomic mass is 10.2.